The molecular weight excluding hydrogens is 224 g/mol. The average molecular weight is 242 g/mol. The number of nitrogens with zero attached hydrogens (tertiary/aromatic N) is 1. The number of ether oxygens (including phenoxy) is 1. The summed E-state index contributed by atoms with van der Waals surface area (Å²) in [7, 11) is 0. The van der Waals surface area contributed by atoms with E-state index in [1.165, 1.54) is 0 Å². The van der Waals surface area contributed by atoms with E-state index in [9.17, 15) is 0 Å². The van der Waals surface area contributed by atoms with Crippen LogP contribution in [0.5, 0.6) is 5.88 Å². The summed E-state index contributed by atoms with van der Waals surface area (Å²) in [6.07, 6.45) is 1.78. The summed E-state index contributed by atoms with van der Waals surface area (Å²) in [5.41, 5.74) is 8.94. The molecule has 0 aliphatic rings. The maximum absolute atomic E-state index is 5.79. The number of hydrogen-bond acceptors (Lipinski definition) is 3. The molecule has 0 saturated carbocycles. The van der Waals surface area contributed by atoms with Crippen molar-refractivity contribution < 1.29 is 4.74 Å². The summed E-state index contributed by atoms with van der Waals surface area (Å²) in [5.74, 6) is 0.649. The van der Waals surface area contributed by atoms with Gasteiger partial charge in [0.05, 0.1) is 0 Å². The van der Waals surface area contributed by atoms with Crippen LogP contribution >= 0.6 is 0 Å². The molecule has 1 aromatic heterocycles. The highest BCUT2D eigenvalue weighted by Gasteiger charge is 2.07. The molecule has 0 fully saturated rings. The summed E-state index contributed by atoms with van der Waals surface area (Å²) >= 11 is 0. The predicted molar refractivity (Wildman–Crippen MR) is 72.4 cm³/mol. The zero-order valence-corrected chi connectivity index (χ0v) is 10.8. The van der Waals surface area contributed by atoms with Gasteiger partial charge in [0.25, 0.3) is 0 Å². The highest BCUT2D eigenvalue weighted by molar-refractivity contribution is 5.25. The van der Waals surface area contributed by atoms with Gasteiger partial charge in [0.2, 0.25) is 5.88 Å². The molecule has 0 radical (unpaired) electrons. The quantitative estimate of drug-likeness (QED) is 0.896. The van der Waals surface area contributed by atoms with E-state index < -0.39 is 0 Å². The molecule has 2 rings (SSSR count). The largest absolute Gasteiger partial charge is 0.470 e. The number of nitrogens with two attached hydrogens (primary N) is 1. The Bertz CT molecular complexity index is 491. The Kier molecular flexibility index (Phi) is 3.95. The molecule has 0 saturated heterocycles. The SMILES string of the molecule is Cc1ccc(OC(C)c2ccc(CN)cc2)nc1. The van der Waals surface area contributed by atoms with Crippen molar-refractivity contribution in [2.45, 2.75) is 26.5 Å². The van der Waals surface area contributed by atoms with E-state index in [2.05, 4.69) is 4.98 Å². The molecule has 0 aliphatic heterocycles. The van der Waals surface area contributed by atoms with Gasteiger partial charge in [-0.2, -0.15) is 0 Å². The normalized spacial score (nSPS) is 12.2. The van der Waals surface area contributed by atoms with Crippen molar-refractivity contribution in [2.24, 2.45) is 5.73 Å². The smallest absolute Gasteiger partial charge is 0.213 e. The van der Waals surface area contributed by atoms with Crippen LogP contribution in [0, 0.1) is 6.92 Å². The minimum atomic E-state index is -0.0213. The Morgan fingerprint density at radius 1 is 1.17 bits per heavy atom. The molecule has 2 aromatic rings. The Hall–Kier alpha value is -1.87. The van der Waals surface area contributed by atoms with Crippen molar-refractivity contribution in [1.82, 2.24) is 4.98 Å². The predicted octanol–water partition coefficient (Wildman–Crippen LogP) is 2.99. The van der Waals surface area contributed by atoms with E-state index in [1.54, 1.807) is 6.20 Å². The van der Waals surface area contributed by atoms with Gasteiger partial charge in [-0.25, -0.2) is 4.98 Å². The van der Waals surface area contributed by atoms with Crippen molar-refractivity contribution in [3.8, 4) is 5.88 Å². The Balaban J connectivity index is 2.06. The molecule has 3 heteroatoms. The van der Waals surface area contributed by atoms with Crippen LogP contribution in [0.15, 0.2) is 42.6 Å². The molecule has 3 nitrogen and oxygen atoms in total. The number of rotatable bonds is 4. The van der Waals surface area contributed by atoms with Gasteiger partial charge in [-0.15, -0.1) is 0 Å². The number of benzene rings is 1. The molecule has 1 aromatic carbocycles. The number of aryl methyl sites for hydroxylation is 1. The zero-order chi connectivity index (χ0) is 13.0. The van der Waals surface area contributed by atoms with Gasteiger partial charge in [0.1, 0.15) is 6.10 Å². The third-order valence-corrected chi connectivity index (χ3v) is 2.87. The van der Waals surface area contributed by atoms with Gasteiger partial charge >= 0.3 is 0 Å². The third-order valence-electron chi connectivity index (χ3n) is 2.87. The standard InChI is InChI=1S/C15H18N2O/c1-11-3-8-15(17-10-11)18-12(2)14-6-4-13(9-16)5-7-14/h3-8,10,12H,9,16H2,1-2H3. The van der Waals surface area contributed by atoms with Crippen LogP contribution in [0.1, 0.15) is 29.7 Å². The van der Waals surface area contributed by atoms with E-state index in [1.807, 2.05) is 50.2 Å². The Labute approximate surface area is 108 Å². The molecule has 18 heavy (non-hydrogen) atoms. The maximum Gasteiger partial charge on any atom is 0.213 e. The molecule has 0 bridgehead atoms. The highest BCUT2D eigenvalue weighted by Crippen LogP contribution is 2.20. The third kappa shape index (κ3) is 3.08. The number of hydrogen-bond donors (Lipinski definition) is 1. The van der Waals surface area contributed by atoms with Crippen molar-refractivity contribution in [3.05, 3.63) is 59.3 Å². The van der Waals surface area contributed by atoms with E-state index in [-0.39, 0.29) is 6.10 Å². The lowest BCUT2D eigenvalue weighted by atomic mass is 10.1. The lowest BCUT2D eigenvalue weighted by Gasteiger charge is -2.14. The molecule has 0 amide bonds. The second-order valence-electron chi connectivity index (χ2n) is 4.38. The van der Waals surface area contributed by atoms with Crippen molar-refractivity contribution in [2.75, 3.05) is 0 Å². The minimum Gasteiger partial charge on any atom is -0.470 e. The molecule has 1 unspecified atom stereocenters. The van der Waals surface area contributed by atoms with Crippen molar-refractivity contribution in [1.29, 1.82) is 0 Å². The van der Waals surface area contributed by atoms with Crippen LogP contribution in [0.2, 0.25) is 0 Å². The molecule has 0 spiro atoms. The summed E-state index contributed by atoms with van der Waals surface area (Å²) in [4.78, 5) is 4.24. The monoisotopic (exact) mass is 242 g/mol. The van der Waals surface area contributed by atoms with Crippen molar-refractivity contribution in [3.63, 3.8) is 0 Å². The van der Waals surface area contributed by atoms with Crippen LogP contribution < -0.4 is 10.5 Å². The fraction of sp³-hybridized carbons (Fsp3) is 0.267. The highest BCUT2D eigenvalue weighted by atomic mass is 16.5. The molecule has 94 valence electrons. The van der Waals surface area contributed by atoms with Crippen LogP contribution in [-0.2, 0) is 6.54 Å². The van der Waals surface area contributed by atoms with Crippen LogP contribution in [0.4, 0.5) is 0 Å². The van der Waals surface area contributed by atoms with Crippen LogP contribution in [0.3, 0.4) is 0 Å². The lowest BCUT2D eigenvalue weighted by molar-refractivity contribution is 0.217. The average Bonchev–Trinajstić information content (AvgIpc) is 2.41. The van der Waals surface area contributed by atoms with E-state index in [0.717, 1.165) is 16.7 Å². The summed E-state index contributed by atoms with van der Waals surface area (Å²) < 4.78 is 5.79. The van der Waals surface area contributed by atoms with Gasteiger partial charge in [0.15, 0.2) is 0 Å². The summed E-state index contributed by atoms with van der Waals surface area (Å²) in [5, 5.41) is 0. The first-order valence-electron chi connectivity index (χ1n) is 6.07. The second kappa shape index (κ2) is 5.65. The van der Waals surface area contributed by atoms with Gasteiger partial charge in [-0.3, -0.25) is 0 Å². The second-order valence-corrected chi connectivity index (χ2v) is 4.38. The van der Waals surface area contributed by atoms with E-state index in [0.29, 0.717) is 12.4 Å². The maximum atomic E-state index is 5.79. The first-order chi connectivity index (χ1) is 8.69. The van der Waals surface area contributed by atoms with E-state index >= 15 is 0 Å². The molecule has 1 heterocycles. The molecular formula is C15H18N2O. The zero-order valence-electron chi connectivity index (χ0n) is 10.8. The fourth-order valence-electron chi connectivity index (χ4n) is 1.70. The minimum absolute atomic E-state index is 0.0213. The molecule has 0 aliphatic carbocycles. The van der Waals surface area contributed by atoms with Crippen LogP contribution in [0.25, 0.3) is 0 Å². The summed E-state index contributed by atoms with van der Waals surface area (Å²) in [6, 6.07) is 12.0. The van der Waals surface area contributed by atoms with Gasteiger partial charge in [-0.1, -0.05) is 30.3 Å². The Morgan fingerprint density at radius 2 is 1.89 bits per heavy atom. The van der Waals surface area contributed by atoms with Gasteiger partial charge in [0, 0.05) is 18.8 Å². The van der Waals surface area contributed by atoms with E-state index in [4.69, 9.17) is 10.5 Å². The van der Waals surface area contributed by atoms with Gasteiger partial charge in [-0.05, 0) is 30.5 Å². The lowest BCUT2D eigenvalue weighted by Crippen LogP contribution is -2.05. The topological polar surface area (TPSA) is 48.1 Å². The molecule has 2 N–H and O–H groups in total. The number of pyridine rings is 1. The van der Waals surface area contributed by atoms with Crippen LogP contribution in [-0.4, -0.2) is 4.98 Å². The molecule has 1 atom stereocenters. The summed E-state index contributed by atoms with van der Waals surface area (Å²) in [6.45, 7) is 4.58. The Morgan fingerprint density at radius 3 is 2.44 bits per heavy atom. The number of aromatic nitrogens is 1. The first kappa shape index (κ1) is 12.6. The van der Waals surface area contributed by atoms with Gasteiger partial charge < -0.3 is 10.5 Å². The fourth-order valence-corrected chi connectivity index (χ4v) is 1.70. The first-order valence-corrected chi connectivity index (χ1v) is 6.07. The van der Waals surface area contributed by atoms with Crippen molar-refractivity contribution >= 4 is 0 Å².